The maximum atomic E-state index is 13.5. The van der Waals surface area contributed by atoms with E-state index in [1.807, 2.05) is 42.5 Å². The number of nitrogens with one attached hydrogen (secondary N) is 3. The van der Waals surface area contributed by atoms with Crippen LogP contribution in [0.5, 0.6) is 17.2 Å². The van der Waals surface area contributed by atoms with E-state index in [0.717, 1.165) is 16.8 Å². The van der Waals surface area contributed by atoms with Crippen molar-refractivity contribution in [2.24, 2.45) is 0 Å². The van der Waals surface area contributed by atoms with Crippen LogP contribution in [0.2, 0.25) is 0 Å². The van der Waals surface area contributed by atoms with E-state index in [-0.39, 0.29) is 17.3 Å². The molecule has 0 radical (unpaired) electrons. The van der Waals surface area contributed by atoms with E-state index >= 15 is 0 Å². The number of methoxy groups -OCH3 is 3. The van der Waals surface area contributed by atoms with Gasteiger partial charge >= 0.3 is 0 Å². The molecular formula is C25H25N3O5. The summed E-state index contributed by atoms with van der Waals surface area (Å²) in [5.41, 5.74) is 3.64. The smallest absolute Gasteiger partial charge is 0.270 e. The van der Waals surface area contributed by atoms with Crippen molar-refractivity contribution < 1.29 is 19.0 Å². The summed E-state index contributed by atoms with van der Waals surface area (Å²) in [5.74, 6) is 2.15. The Kier molecular flexibility index (Phi) is 5.20. The van der Waals surface area contributed by atoms with Gasteiger partial charge in [-0.3, -0.25) is 19.8 Å². The molecule has 2 aromatic carbocycles. The Morgan fingerprint density at radius 2 is 1.55 bits per heavy atom. The third kappa shape index (κ3) is 3.47. The van der Waals surface area contributed by atoms with Crippen molar-refractivity contribution in [3.63, 3.8) is 0 Å². The fourth-order valence-corrected chi connectivity index (χ4v) is 4.89. The normalized spacial score (nSPS) is 19.4. The number of carbonyl (C=O) groups excluding carboxylic acids is 1. The number of ether oxygens (including phenoxy) is 3. The van der Waals surface area contributed by atoms with Crippen LogP contribution in [0.1, 0.15) is 41.4 Å². The molecule has 1 aliphatic heterocycles. The summed E-state index contributed by atoms with van der Waals surface area (Å²) in [4.78, 5) is 26.2. The van der Waals surface area contributed by atoms with Gasteiger partial charge in [0, 0.05) is 23.6 Å². The number of hydrogen-bond acceptors (Lipinski definition) is 6. The molecule has 33 heavy (non-hydrogen) atoms. The van der Waals surface area contributed by atoms with Crippen LogP contribution in [0.3, 0.4) is 0 Å². The van der Waals surface area contributed by atoms with Gasteiger partial charge in [0.1, 0.15) is 11.6 Å². The van der Waals surface area contributed by atoms with Crippen LogP contribution in [0, 0.1) is 0 Å². The molecule has 1 aromatic heterocycles. The van der Waals surface area contributed by atoms with Gasteiger partial charge < -0.3 is 19.5 Å². The summed E-state index contributed by atoms with van der Waals surface area (Å²) in [5, 5.41) is 8.90. The molecule has 2 unspecified atom stereocenters. The van der Waals surface area contributed by atoms with E-state index in [9.17, 15) is 9.59 Å². The van der Waals surface area contributed by atoms with Crippen molar-refractivity contribution in [1.29, 1.82) is 0 Å². The van der Waals surface area contributed by atoms with Crippen LogP contribution in [0.4, 0.5) is 5.82 Å². The summed E-state index contributed by atoms with van der Waals surface area (Å²) >= 11 is 0. The highest BCUT2D eigenvalue weighted by Gasteiger charge is 2.40. The van der Waals surface area contributed by atoms with Crippen LogP contribution in [-0.2, 0) is 4.79 Å². The number of aromatic amines is 2. The van der Waals surface area contributed by atoms with Crippen LogP contribution in [0.25, 0.3) is 0 Å². The molecule has 0 amide bonds. The molecule has 0 spiro atoms. The lowest BCUT2D eigenvalue weighted by Crippen LogP contribution is -2.31. The Balaban J connectivity index is 1.57. The van der Waals surface area contributed by atoms with Crippen molar-refractivity contribution in [3.8, 4) is 17.2 Å². The summed E-state index contributed by atoms with van der Waals surface area (Å²) < 4.78 is 16.1. The number of H-pyrrole nitrogens is 2. The maximum absolute atomic E-state index is 13.5. The van der Waals surface area contributed by atoms with E-state index in [1.165, 1.54) is 0 Å². The molecular weight excluding hydrogens is 422 g/mol. The maximum Gasteiger partial charge on any atom is 0.270 e. The minimum absolute atomic E-state index is 0.0210. The second-order valence-corrected chi connectivity index (χ2v) is 8.23. The van der Waals surface area contributed by atoms with Gasteiger partial charge in [-0.05, 0) is 47.7 Å². The number of rotatable bonds is 5. The summed E-state index contributed by atoms with van der Waals surface area (Å²) in [6.07, 6.45) is 0.982. The number of allylic oxidation sites excluding steroid dienone is 2. The van der Waals surface area contributed by atoms with E-state index in [1.54, 1.807) is 21.3 Å². The van der Waals surface area contributed by atoms with Gasteiger partial charge in [-0.15, -0.1) is 0 Å². The lowest BCUT2D eigenvalue weighted by molar-refractivity contribution is -0.116. The Morgan fingerprint density at radius 1 is 0.818 bits per heavy atom. The third-order valence-electron chi connectivity index (χ3n) is 6.50. The number of benzene rings is 2. The van der Waals surface area contributed by atoms with Crippen LogP contribution in [0.15, 0.2) is 58.5 Å². The average Bonchev–Trinajstić information content (AvgIpc) is 3.22. The van der Waals surface area contributed by atoms with Gasteiger partial charge in [0.2, 0.25) is 0 Å². The van der Waals surface area contributed by atoms with E-state index < -0.39 is 5.92 Å². The number of fused-ring (bicyclic) bond motifs is 1. The minimum atomic E-state index is -0.448. The van der Waals surface area contributed by atoms with Crippen LogP contribution in [-0.4, -0.2) is 37.3 Å². The van der Waals surface area contributed by atoms with Crippen molar-refractivity contribution in [2.75, 3.05) is 26.6 Å². The molecule has 0 saturated carbocycles. The van der Waals surface area contributed by atoms with Gasteiger partial charge in [0.05, 0.1) is 26.9 Å². The topological polar surface area (TPSA) is 105 Å². The largest absolute Gasteiger partial charge is 0.497 e. The van der Waals surface area contributed by atoms with Crippen molar-refractivity contribution >= 4 is 11.6 Å². The second kappa shape index (κ2) is 8.20. The third-order valence-corrected chi connectivity index (χ3v) is 6.50. The number of hydrogen-bond donors (Lipinski definition) is 3. The highest BCUT2D eigenvalue weighted by Crippen LogP contribution is 2.47. The lowest BCUT2D eigenvalue weighted by Gasteiger charge is -2.34. The molecule has 0 fully saturated rings. The molecule has 3 N–H and O–H groups in total. The van der Waals surface area contributed by atoms with Crippen LogP contribution >= 0.6 is 0 Å². The highest BCUT2D eigenvalue weighted by molar-refractivity contribution is 6.01. The van der Waals surface area contributed by atoms with Gasteiger partial charge in [0.15, 0.2) is 17.3 Å². The average molecular weight is 447 g/mol. The molecule has 2 aliphatic rings. The molecule has 0 bridgehead atoms. The Hall–Kier alpha value is -3.94. The number of ketones is 1. The van der Waals surface area contributed by atoms with Gasteiger partial charge in [0.25, 0.3) is 5.56 Å². The Bertz CT molecular complexity index is 1300. The highest BCUT2D eigenvalue weighted by atomic mass is 16.5. The van der Waals surface area contributed by atoms with Crippen molar-refractivity contribution in [1.82, 2.24) is 10.2 Å². The standard InChI is InChI=1S/C25H25N3O5/c1-31-16-7-4-13(5-8-16)21-22-17(26-24-23(21)25(30)28-27-24)10-15(11-18(22)29)14-6-9-19(32-2)20(12-14)33-3/h4-9,12,15,21H,10-11H2,1-3H3,(H3,26,27,28,30). The number of carbonyl (C=O) groups is 1. The first-order valence-corrected chi connectivity index (χ1v) is 10.7. The number of aromatic nitrogens is 2. The molecule has 2 atom stereocenters. The fraction of sp³-hybridized carbons (Fsp3) is 0.280. The minimum Gasteiger partial charge on any atom is -0.497 e. The Labute approximate surface area is 190 Å². The fourth-order valence-electron chi connectivity index (χ4n) is 4.89. The van der Waals surface area contributed by atoms with E-state index in [4.69, 9.17) is 14.2 Å². The quantitative estimate of drug-likeness (QED) is 0.551. The predicted molar refractivity (Wildman–Crippen MR) is 123 cm³/mol. The molecule has 170 valence electrons. The van der Waals surface area contributed by atoms with Crippen molar-refractivity contribution in [2.45, 2.75) is 24.7 Å². The molecule has 8 nitrogen and oxygen atoms in total. The Morgan fingerprint density at radius 3 is 2.24 bits per heavy atom. The van der Waals surface area contributed by atoms with Gasteiger partial charge in [-0.25, -0.2) is 0 Å². The van der Waals surface area contributed by atoms with E-state index in [0.29, 0.717) is 47.0 Å². The molecule has 8 heteroatoms. The van der Waals surface area contributed by atoms with Crippen molar-refractivity contribution in [3.05, 3.63) is 80.8 Å². The molecule has 1 aliphatic carbocycles. The van der Waals surface area contributed by atoms with Gasteiger partial charge in [-0.1, -0.05) is 18.2 Å². The number of anilines is 1. The monoisotopic (exact) mass is 447 g/mol. The first kappa shape index (κ1) is 20.9. The first-order valence-electron chi connectivity index (χ1n) is 10.7. The molecule has 3 aromatic rings. The second-order valence-electron chi connectivity index (χ2n) is 8.23. The zero-order chi connectivity index (χ0) is 23.1. The predicted octanol–water partition coefficient (Wildman–Crippen LogP) is 3.69. The molecule has 2 heterocycles. The summed E-state index contributed by atoms with van der Waals surface area (Å²) in [6, 6.07) is 13.3. The zero-order valence-electron chi connectivity index (χ0n) is 18.7. The lowest BCUT2D eigenvalue weighted by atomic mass is 9.73. The SMILES string of the molecule is COc1ccc(C2C3=C(CC(c4ccc(OC)c(OC)c4)CC3=O)Nc3[nH][nH]c(=O)c32)cc1. The van der Waals surface area contributed by atoms with E-state index in [2.05, 4.69) is 15.5 Å². The first-order chi connectivity index (χ1) is 16.0. The van der Waals surface area contributed by atoms with Crippen LogP contribution < -0.4 is 25.1 Å². The summed E-state index contributed by atoms with van der Waals surface area (Å²) in [7, 11) is 4.80. The summed E-state index contributed by atoms with van der Waals surface area (Å²) in [6.45, 7) is 0. The van der Waals surface area contributed by atoms with Gasteiger partial charge in [-0.2, -0.15) is 0 Å². The zero-order valence-corrected chi connectivity index (χ0v) is 18.7. The number of Topliss-reactive ketones (excluding diaryl/α,β-unsaturated/α-hetero) is 1. The molecule has 5 rings (SSSR count). The molecule has 0 saturated heterocycles.